The largest absolute Gasteiger partial charge is 0.454 e. The molecular formula is C25H22N6O5S. The fourth-order valence-electron chi connectivity index (χ4n) is 3.85. The summed E-state index contributed by atoms with van der Waals surface area (Å²) in [4.78, 5) is 39.2. The fourth-order valence-corrected chi connectivity index (χ4v) is 4.89. The number of benzene rings is 2. The summed E-state index contributed by atoms with van der Waals surface area (Å²) in [6.07, 6.45) is -0.365. The van der Waals surface area contributed by atoms with Crippen LogP contribution in [-0.4, -0.2) is 37.7 Å². The van der Waals surface area contributed by atoms with E-state index in [1.54, 1.807) is 35.7 Å². The Labute approximate surface area is 216 Å². The average Bonchev–Trinajstić information content (AvgIpc) is 3.54. The van der Waals surface area contributed by atoms with Gasteiger partial charge < -0.3 is 30.7 Å². The molecule has 0 fully saturated rings. The van der Waals surface area contributed by atoms with Crippen LogP contribution in [-0.2, 0) is 15.1 Å². The average molecular weight is 519 g/mol. The normalized spacial score (nSPS) is 13.0. The first-order valence-corrected chi connectivity index (χ1v) is 12.1. The molecule has 2 heterocycles. The first-order chi connectivity index (χ1) is 18.0. The van der Waals surface area contributed by atoms with E-state index in [0.717, 1.165) is 4.70 Å². The van der Waals surface area contributed by atoms with Gasteiger partial charge in [0.1, 0.15) is 6.42 Å². The molecule has 1 aliphatic heterocycles. The topological polar surface area (TPSA) is 165 Å². The smallest absolute Gasteiger partial charge is 0.320 e. The molecule has 0 bridgehead atoms. The zero-order chi connectivity index (χ0) is 26.3. The maximum absolute atomic E-state index is 13.7. The molecule has 4 amide bonds. The van der Waals surface area contributed by atoms with Crippen LogP contribution in [0.15, 0.2) is 47.8 Å². The molecule has 0 saturated carbocycles. The van der Waals surface area contributed by atoms with E-state index in [2.05, 4.69) is 21.3 Å². The number of thiophene rings is 1. The van der Waals surface area contributed by atoms with Gasteiger partial charge in [0, 0.05) is 28.6 Å². The number of nitriles is 2. The van der Waals surface area contributed by atoms with Gasteiger partial charge in [-0.2, -0.15) is 10.5 Å². The number of rotatable bonds is 9. The second kappa shape index (κ2) is 11.3. The molecule has 4 N–H and O–H groups in total. The van der Waals surface area contributed by atoms with Gasteiger partial charge in [0.05, 0.1) is 25.1 Å². The summed E-state index contributed by atoms with van der Waals surface area (Å²) >= 11 is 1.38. The molecule has 1 unspecified atom stereocenters. The third kappa shape index (κ3) is 5.55. The minimum Gasteiger partial charge on any atom is -0.454 e. The Morgan fingerprint density at radius 1 is 1.03 bits per heavy atom. The molecule has 37 heavy (non-hydrogen) atoms. The van der Waals surface area contributed by atoms with Crippen LogP contribution in [0.25, 0.3) is 10.1 Å². The first kappa shape index (κ1) is 25.3. The molecule has 11 nitrogen and oxygen atoms in total. The third-order valence-electron chi connectivity index (χ3n) is 5.60. The van der Waals surface area contributed by atoms with E-state index in [0.29, 0.717) is 28.1 Å². The highest BCUT2D eigenvalue weighted by molar-refractivity contribution is 7.17. The lowest BCUT2D eigenvalue weighted by Gasteiger charge is -2.33. The summed E-state index contributed by atoms with van der Waals surface area (Å²) in [5, 5.41) is 31.0. The monoisotopic (exact) mass is 518 g/mol. The summed E-state index contributed by atoms with van der Waals surface area (Å²) in [6.45, 7) is -0.220. The molecule has 0 saturated heterocycles. The van der Waals surface area contributed by atoms with Crippen LogP contribution in [0.4, 0.5) is 10.5 Å². The van der Waals surface area contributed by atoms with Crippen LogP contribution in [0.2, 0.25) is 0 Å². The number of hydrogen-bond acceptors (Lipinski definition) is 8. The van der Waals surface area contributed by atoms with Gasteiger partial charge in [-0.1, -0.05) is 18.2 Å². The van der Waals surface area contributed by atoms with Gasteiger partial charge in [0.15, 0.2) is 17.0 Å². The molecule has 0 aliphatic carbocycles. The molecule has 2 aromatic carbocycles. The van der Waals surface area contributed by atoms with Crippen molar-refractivity contribution >= 4 is 45.0 Å². The highest BCUT2D eigenvalue weighted by atomic mass is 32.1. The number of urea groups is 1. The number of nitrogens with zero attached hydrogens (tertiary/aromatic N) is 2. The van der Waals surface area contributed by atoms with E-state index >= 15 is 0 Å². The van der Waals surface area contributed by atoms with Crippen molar-refractivity contribution in [2.24, 2.45) is 0 Å². The number of ether oxygens (including phenoxy) is 2. The zero-order valence-corrected chi connectivity index (χ0v) is 20.3. The van der Waals surface area contributed by atoms with Crippen molar-refractivity contribution in [2.75, 3.05) is 25.2 Å². The van der Waals surface area contributed by atoms with Crippen molar-refractivity contribution in [3.05, 3.63) is 53.4 Å². The maximum atomic E-state index is 13.7. The molecule has 1 atom stereocenters. The number of anilines is 1. The van der Waals surface area contributed by atoms with Gasteiger partial charge in [0.2, 0.25) is 12.7 Å². The van der Waals surface area contributed by atoms with Crippen LogP contribution in [0.1, 0.15) is 18.4 Å². The third-order valence-corrected chi connectivity index (χ3v) is 6.56. The summed E-state index contributed by atoms with van der Waals surface area (Å²) in [5.74, 6) is -0.216. The lowest BCUT2D eigenvalue weighted by molar-refractivity contribution is -0.128. The summed E-state index contributed by atoms with van der Waals surface area (Å²) in [7, 11) is 0. The molecule has 4 rings (SSSR count). The minimum atomic E-state index is -1.76. The Hall–Kier alpha value is -4.81. The molecule has 0 spiro atoms. The summed E-state index contributed by atoms with van der Waals surface area (Å²) in [6, 6.07) is 15.2. The molecule has 12 heteroatoms. The standard InChI is InChI=1S/C25H22N6O5S/c26-9-3-11-28-23(33)25(14-29-22(32)8-10-27,18-13-37-21-5-2-1-4-17(18)21)31-24(34)30-16-6-7-19-20(12-16)36-15-35-19/h1-2,4-7,12-13H,3,8,11,14-15H2,(H,28,33)(H,29,32)(H2,30,31,34). The zero-order valence-electron chi connectivity index (χ0n) is 19.5. The van der Waals surface area contributed by atoms with Crippen molar-refractivity contribution in [3.63, 3.8) is 0 Å². The van der Waals surface area contributed by atoms with E-state index in [1.807, 2.05) is 24.3 Å². The van der Waals surface area contributed by atoms with Crippen LogP contribution in [0.5, 0.6) is 11.5 Å². The van der Waals surface area contributed by atoms with E-state index in [1.165, 1.54) is 11.3 Å². The van der Waals surface area contributed by atoms with Crippen molar-refractivity contribution in [1.29, 1.82) is 10.5 Å². The number of fused-ring (bicyclic) bond motifs is 2. The van der Waals surface area contributed by atoms with E-state index < -0.39 is 29.8 Å². The Kier molecular flexibility index (Phi) is 7.71. The lowest BCUT2D eigenvalue weighted by Crippen LogP contribution is -2.62. The second-order valence-electron chi connectivity index (χ2n) is 7.97. The number of nitrogens with one attached hydrogen (secondary N) is 4. The molecule has 188 valence electrons. The fraction of sp³-hybridized carbons (Fsp3) is 0.240. The predicted molar refractivity (Wildman–Crippen MR) is 135 cm³/mol. The van der Waals surface area contributed by atoms with Crippen molar-refractivity contribution < 1.29 is 23.9 Å². The second-order valence-corrected chi connectivity index (χ2v) is 8.88. The molecular weight excluding hydrogens is 496 g/mol. The lowest BCUT2D eigenvalue weighted by atomic mass is 9.87. The number of carbonyl (C=O) groups excluding carboxylic acids is 3. The van der Waals surface area contributed by atoms with Gasteiger partial charge >= 0.3 is 6.03 Å². The molecule has 0 radical (unpaired) electrons. The Morgan fingerprint density at radius 3 is 2.65 bits per heavy atom. The molecule has 1 aromatic heterocycles. The number of hydrogen-bond donors (Lipinski definition) is 4. The quantitative estimate of drug-likeness (QED) is 0.316. The number of amides is 4. The Balaban J connectivity index is 1.71. The number of carbonyl (C=O) groups is 3. The van der Waals surface area contributed by atoms with Crippen LogP contribution in [0.3, 0.4) is 0 Å². The summed E-state index contributed by atoms with van der Waals surface area (Å²) < 4.78 is 11.5. The van der Waals surface area contributed by atoms with Gasteiger partial charge in [0.25, 0.3) is 5.91 Å². The van der Waals surface area contributed by atoms with Gasteiger partial charge in [-0.25, -0.2) is 4.79 Å². The van der Waals surface area contributed by atoms with Crippen LogP contribution < -0.4 is 30.7 Å². The van der Waals surface area contributed by atoms with Crippen molar-refractivity contribution in [1.82, 2.24) is 16.0 Å². The van der Waals surface area contributed by atoms with Gasteiger partial charge in [-0.15, -0.1) is 11.3 Å². The first-order valence-electron chi connectivity index (χ1n) is 11.2. The predicted octanol–water partition coefficient (Wildman–Crippen LogP) is 2.71. The highest BCUT2D eigenvalue weighted by Crippen LogP contribution is 2.36. The van der Waals surface area contributed by atoms with Gasteiger partial charge in [-0.3, -0.25) is 9.59 Å². The van der Waals surface area contributed by atoms with E-state index in [4.69, 9.17) is 20.0 Å². The van der Waals surface area contributed by atoms with Crippen LogP contribution in [0, 0.1) is 22.7 Å². The van der Waals surface area contributed by atoms with Gasteiger partial charge in [-0.05, 0) is 29.0 Å². The minimum absolute atomic E-state index is 0.0384. The van der Waals surface area contributed by atoms with E-state index in [-0.39, 0.29) is 26.3 Å². The van der Waals surface area contributed by atoms with Crippen molar-refractivity contribution in [2.45, 2.75) is 18.4 Å². The highest BCUT2D eigenvalue weighted by Gasteiger charge is 2.44. The van der Waals surface area contributed by atoms with Crippen molar-refractivity contribution in [3.8, 4) is 23.6 Å². The molecule has 1 aliphatic rings. The molecule has 3 aromatic rings. The van der Waals surface area contributed by atoms with Crippen LogP contribution >= 0.6 is 11.3 Å². The maximum Gasteiger partial charge on any atom is 0.320 e. The van der Waals surface area contributed by atoms with E-state index in [9.17, 15) is 14.4 Å². The Morgan fingerprint density at radius 2 is 1.84 bits per heavy atom. The Bertz CT molecular complexity index is 1420. The summed E-state index contributed by atoms with van der Waals surface area (Å²) in [5.41, 5.74) is -0.912. The SMILES string of the molecule is N#CCCNC(=O)C(CNC(=O)CC#N)(NC(=O)Nc1ccc2c(c1)OCO2)c1csc2ccccc12.